The first kappa shape index (κ1) is 16.4. The highest BCUT2D eigenvalue weighted by Gasteiger charge is 2.32. The Balaban J connectivity index is 1.99. The molecule has 6 heteroatoms. The maximum Gasteiger partial charge on any atom is 0.251 e. The Hall–Kier alpha value is -0.980. The summed E-state index contributed by atoms with van der Waals surface area (Å²) in [6.07, 6.45) is 1.93. The van der Waals surface area contributed by atoms with Crippen molar-refractivity contribution in [3.05, 3.63) is 34.1 Å². The highest BCUT2D eigenvalue weighted by molar-refractivity contribution is 9.10. The van der Waals surface area contributed by atoms with Crippen molar-refractivity contribution in [2.24, 2.45) is 5.41 Å². The summed E-state index contributed by atoms with van der Waals surface area (Å²) in [7, 11) is 1.68. The lowest BCUT2D eigenvalue weighted by atomic mass is 9.79. The minimum atomic E-state index is -0.374. The molecular formula is C15H20BrFN2O2. The molecule has 1 saturated heterocycles. The average Bonchev–Trinajstić information content (AvgIpc) is 2.49. The van der Waals surface area contributed by atoms with Crippen LogP contribution in [0.4, 0.5) is 4.39 Å². The Kier molecular flexibility index (Phi) is 5.72. The van der Waals surface area contributed by atoms with Crippen LogP contribution in [0.2, 0.25) is 0 Å². The van der Waals surface area contributed by atoms with E-state index in [1.54, 1.807) is 7.11 Å². The molecule has 0 spiro atoms. The maximum absolute atomic E-state index is 13.2. The van der Waals surface area contributed by atoms with Gasteiger partial charge < -0.3 is 15.4 Å². The molecule has 2 rings (SSSR count). The molecule has 2 N–H and O–H groups in total. The lowest BCUT2D eigenvalue weighted by Gasteiger charge is -2.37. The normalized spacial score (nSPS) is 17.5. The second kappa shape index (κ2) is 7.33. The summed E-state index contributed by atoms with van der Waals surface area (Å²) in [5, 5.41) is 6.27. The number of piperidine rings is 1. The summed E-state index contributed by atoms with van der Waals surface area (Å²) in [5.74, 6) is -0.564. The van der Waals surface area contributed by atoms with Gasteiger partial charge in [0, 0.05) is 24.6 Å². The molecule has 0 radical (unpaired) electrons. The number of carbonyl (C=O) groups is 1. The van der Waals surface area contributed by atoms with Crippen molar-refractivity contribution in [1.82, 2.24) is 10.6 Å². The number of carbonyl (C=O) groups excluding carboxylic acids is 1. The van der Waals surface area contributed by atoms with Gasteiger partial charge in [-0.05, 0) is 60.1 Å². The minimum Gasteiger partial charge on any atom is -0.384 e. The molecule has 1 aromatic rings. The van der Waals surface area contributed by atoms with E-state index in [2.05, 4.69) is 26.6 Å². The Morgan fingerprint density at radius 1 is 1.48 bits per heavy atom. The molecule has 1 aliphatic rings. The Bertz CT molecular complexity index is 499. The molecule has 0 atom stereocenters. The molecule has 0 bridgehead atoms. The monoisotopic (exact) mass is 358 g/mol. The third-order valence-corrected chi connectivity index (χ3v) is 4.53. The van der Waals surface area contributed by atoms with Crippen LogP contribution in [-0.2, 0) is 4.74 Å². The van der Waals surface area contributed by atoms with E-state index in [1.807, 2.05) is 0 Å². The largest absolute Gasteiger partial charge is 0.384 e. The quantitative estimate of drug-likeness (QED) is 0.849. The number of ether oxygens (including phenoxy) is 1. The molecule has 4 nitrogen and oxygen atoms in total. The number of methoxy groups -OCH3 is 1. The van der Waals surface area contributed by atoms with Crippen LogP contribution in [0.3, 0.4) is 0 Å². The third kappa shape index (κ3) is 4.25. The molecule has 0 aliphatic carbocycles. The van der Waals surface area contributed by atoms with Crippen LogP contribution in [0, 0.1) is 11.2 Å². The standard InChI is InChI=1S/C15H20BrFN2O2/c1-21-10-15(4-6-18-7-5-15)9-19-14(20)11-2-3-13(17)12(16)8-11/h2-3,8,18H,4-7,9-10H2,1H3,(H,19,20). The van der Waals surface area contributed by atoms with Crippen molar-refractivity contribution in [3.8, 4) is 0 Å². The van der Waals surface area contributed by atoms with Crippen LogP contribution in [0.25, 0.3) is 0 Å². The number of amides is 1. The fraction of sp³-hybridized carbons (Fsp3) is 0.533. The van der Waals surface area contributed by atoms with Gasteiger partial charge in [-0.3, -0.25) is 4.79 Å². The second-order valence-electron chi connectivity index (χ2n) is 5.49. The van der Waals surface area contributed by atoms with Crippen molar-refractivity contribution in [3.63, 3.8) is 0 Å². The topological polar surface area (TPSA) is 50.4 Å². The van der Waals surface area contributed by atoms with Crippen LogP contribution < -0.4 is 10.6 Å². The van der Waals surface area contributed by atoms with Crippen molar-refractivity contribution >= 4 is 21.8 Å². The van der Waals surface area contributed by atoms with Gasteiger partial charge in [0.25, 0.3) is 5.91 Å². The van der Waals surface area contributed by atoms with Crippen molar-refractivity contribution in [2.45, 2.75) is 12.8 Å². The first-order chi connectivity index (χ1) is 10.1. The number of benzene rings is 1. The third-order valence-electron chi connectivity index (χ3n) is 3.92. The first-order valence-corrected chi connectivity index (χ1v) is 7.78. The van der Waals surface area contributed by atoms with Gasteiger partial charge in [0.1, 0.15) is 5.82 Å². The first-order valence-electron chi connectivity index (χ1n) is 6.99. The van der Waals surface area contributed by atoms with Crippen molar-refractivity contribution in [1.29, 1.82) is 0 Å². The van der Waals surface area contributed by atoms with Crippen LogP contribution >= 0.6 is 15.9 Å². The average molecular weight is 359 g/mol. The fourth-order valence-electron chi connectivity index (χ4n) is 2.64. The zero-order valence-electron chi connectivity index (χ0n) is 12.0. The molecule has 1 aliphatic heterocycles. The summed E-state index contributed by atoms with van der Waals surface area (Å²) in [4.78, 5) is 12.2. The second-order valence-corrected chi connectivity index (χ2v) is 6.35. The Morgan fingerprint density at radius 2 is 2.19 bits per heavy atom. The molecule has 0 saturated carbocycles. The summed E-state index contributed by atoms with van der Waals surface area (Å²) in [6.45, 7) is 3.06. The fourth-order valence-corrected chi connectivity index (χ4v) is 3.02. The zero-order valence-corrected chi connectivity index (χ0v) is 13.6. The van der Waals surface area contributed by atoms with E-state index in [9.17, 15) is 9.18 Å². The molecule has 0 aromatic heterocycles. The highest BCUT2D eigenvalue weighted by Crippen LogP contribution is 2.28. The molecule has 1 amide bonds. The van der Waals surface area contributed by atoms with Crippen LogP contribution in [0.15, 0.2) is 22.7 Å². The van der Waals surface area contributed by atoms with Gasteiger partial charge in [0.2, 0.25) is 0 Å². The van der Waals surface area contributed by atoms with Gasteiger partial charge in [-0.15, -0.1) is 0 Å². The summed E-state index contributed by atoms with van der Waals surface area (Å²) >= 11 is 3.09. The molecule has 21 heavy (non-hydrogen) atoms. The minimum absolute atomic E-state index is 0.0209. The number of nitrogens with one attached hydrogen (secondary N) is 2. The van der Waals surface area contributed by atoms with Crippen molar-refractivity contribution < 1.29 is 13.9 Å². The number of hydrogen-bond donors (Lipinski definition) is 2. The summed E-state index contributed by atoms with van der Waals surface area (Å²) < 4.78 is 18.8. The van der Waals surface area contributed by atoms with E-state index < -0.39 is 0 Å². The van der Waals surface area contributed by atoms with Gasteiger partial charge in [-0.1, -0.05) is 0 Å². The van der Waals surface area contributed by atoms with E-state index in [1.165, 1.54) is 18.2 Å². The predicted molar refractivity (Wildman–Crippen MR) is 82.8 cm³/mol. The van der Waals surface area contributed by atoms with Crippen LogP contribution in [0.1, 0.15) is 23.2 Å². The Labute approximate surface area is 132 Å². The Morgan fingerprint density at radius 3 is 2.81 bits per heavy atom. The number of halogens is 2. The van der Waals surface area contributed by atoms with Gasteiger partial charge in [-0.25, -0.2) is 4.39 Å². The molecular weight excluding hydrogens is 339 g/mol. The van der Waals surface area contributed by atoms with Crippen LogP contribution in [0.5, 0.6) is 0 Å². The number of rotatable bonds is 5. The van der Waals surface area contributed by atoms with E-state index in [-0.39, 0.29) is 17.1 Å². The molecule has 1 fully saturated rings. The smallest absolute Gasteiger partial charge is 0.251 e. The van der Waals surface area contributed by atoms with Gasteiger partial charge >= 0.3 is 0 Å². The summed E-state index contributed by atoms with van der Waals surface area (Å²) in [6, 6.07) is 4.27. The van der Waals surface area contributed by atoms with E-state index in [0.717, 1.165) is 25.9 Å². The zero-order chi connectivity index (χ0) is 15.3. The van der Waals surface area contributed by atoms with E-state index in [0.29, 0.717) is 23.2 Å². The lowest BCUT2D eigenvalue weighted by Crippen LogP contribution is -2.47. The summed E-state index contributed by atoms with van der Waals surface area (Å²) in [5.41, 5.74) is 0.428. The lowest BCUT2D eigenvalue weighted by molar-refractivity contribution is 0.0511. The number of hydrogen-bond acceptors (Lipinski definition) is 3. The van der Waals surface area contributed by atoms with E-state index >= 15 is 0 Å². The van der Waals surface area contributed by atoms with Gasteiger partial charge in [0.05, 0.1) is 11.1 Å². The highest BCUT2D eigenvalue weighted by atomic mass is 79.9. The molecule has 0 unspecified atom stereocenters. The molecule has 1 heterocycles. The van der Waals surface area contributed by atoms with Gasteiger partial charge in [-0.2, -0.15) is 0 Å². The van der Waals surface area contributed by atoms with Gasteiger partial charge in [0.15, 0.2) is 0 Å². The van der Waals surface area contributed by atoms with E-state index in [4.69, 9.17) is 4.74 Å². The molecule has 116 valence electrons. The molecule has 1 aromatic carbocycles. The predicted octanol–water partition coefficient (Wildman–Crippen LogP) is 2.33. The maximum atomic E-state index is 13.2. The SMILES string of the molecule is COCC1(CNC(=O)c2ccc(F)c(Br)c2)CCNCC1. The van der Waals surface area contributed by atoms with Crippen LogP contribution in [-0.4, -0.2) is 39.3 Å². The van der Waals surface area contributed by atoms with Crippen molar-refractivity contribution in [2.75, 3.05) is 33.4 Å².